The van der Waals surface area contributed by atoms with Gasteiger partial charge in [0.25, 0.3) is 0 Å². The summed E-state index contributed by atoms with van der Waals surface area (Å²) in [5.74, 6) is 0. The minimum absolute atomic E-state index is 0.630. The van der Waals surface area contributed by atoms with Gasteiger partial charge in [0, 0.05) is 0 Å². The van der Waals surface area contributed by atoms with E-state index in [9.17, 15) is 0 Å². The molecule has 1 N–H and O–H groups in total. The molecule has 0 radical (unpaired) electrons. The van der Waals surface area contributed by atoms with Crippen molar-refractivity contribution >= 4 is 8.59 Å². The number of rotatable bonds is 12. The summed E-state index contributed by atoms with van der Waals surface area (Å²) in [5, 5.41) is 6.69. The first-order chi connectivity index (χ1) is 12.0. The first-order valence-electron chi connectivity index (χ1n) is 11.5. The van der Waals surface area contributed by atoms with E-state index >= 15 is 0 Å². The fraction of sp³-hybridized carbons (Fsp3) is 1.00. The van der Waals surface area contributed by atoms with Crippen molar-refractivity contribution in [3.05, 3.63) is 0 Å². The third-order valence-corrected chi connectivity index (χ3v) is 3.62. The molecule has 0 amide bonds. The van der Waals surface area contributed by atoms with Crippen molar-refractivity contribution in [1.29, 1.82) is 5.05 Å². The highest BCUT2D eigenvalue weighted by molar-refractivity contribution is 6.40. The Balaban J connectivity index is -0.000000120. The fourth-order valence-corrected chi connectivity index (χ4v) is 2.03. The quantitative estimate of drug-likeness (QED) is 0.260. The van der Waals surface area contributed by atoms with E-state index in [0.717, 1.165) is 0 Å². The molecule has 0 aliphatic rings. The molecule has 156 valence electrons. The maximum atomic E-state index is 6.69. The average Bonchev–Trinajstić information content (AvgIpc) is 2.57. The van der Waals surface area contributed by atoms with Gasteiger partial charge in [0.1, 0.15) is 8.59 Å². The van der Waals surface area contributed by atoms with E-state index < -0.39 is 8.59 Å². The number of hydrogen-bond donors (Lipinski definition) is 1. The molecule has 0 spiro atoms. The lowest BCUT2D eigenvalue weighted by molar-refractivity contribution is 0.656. The van der Waals surface area contributed by atoms with E-state index in [2.05, 4.69) is 41.5 Å². The molecule has 0 aromatic carbocycles. The second-order valence-corrected chi connectivity index (χ2v) is 9.18. The van der Waals surface area contributed by atoms with Crippen LogP contribution in [0.5, 0.6) is 0 Å². The Labute approximate surface area is 164 Å². The van der Waals surface area contributed by atoms with E-state index in [-0.39, 0.29) is 0 Å². The highest BCUT2D eigenvalue weighted by Crippen LogP contribution is 2.01. The van der Waals surface area contributed by atoms with Crippen LogP contribution in [-0.4, -0.2) is 8.59 Å². The van der Waals surface area contributed by atoms with Crippen LogP contribution in [0.3, 0.4) is 0 Å². The standard InChI is InChI=1S/3C7H16.C2H7NSi/c3*1-3-5-7-6-4-2;1-4(2)3/h3*3-7H2,1-2H3;3H,1-2H3. The Hall–Kier alpha value is 0.0169. The molecule has 0 fully saturated rings. The van der Waals surface area contributed by atoms with Crippen LogP contribution in [-0.2, 0) is 0 Å². The molecular weight excluding hydrogens is 318 g/mol. The third kappa shape index (κ3) is 80.6. The van der Waals surface area contributed by atoms with Gasteiger partial charge in [0.15, 0.2) is 0 Å². The van der Waals surface area contributed by atoms with Crippen LogP contribution in [0.25, 0.3) is 0 Å². The average molecular weight is 374 g/mol. The monoisotopic (exact) mass is 373 g/mol. The molecule has 0 aromatic heterocycles. The topological polar surface area (TPSA) is 23.9 Å². The summed E-state index contributed by atoms with van der Waals surface area (Å²) in [6, 6.07) is 0. The van der Waals surface area contributed by atoms with Crippen LogP contribution in [0.15, 0.2) is 0 Å². The van der Waals surface area contributed by atoms with Crippen molar-refractivity contribution in [2.75, 3.05) is 0 Å². The Morgan fingerprint density at radius 1 is 0.400 bits per heavy atom. The number of hydrogen-bond acceptors (Lipinski definition) is 1. The Bertz CT molecular complexity index is 153. The molecule has 0 unspecified atom stereocenters. The van der Waals surface area contributed by atoms with Crippen molar-refractivity contribution < 1.29 is 0 Å². The maximum absolute atomic E-state index is 6.69. The summed E-state index contributed by atoms with van der Waals surface area (Å²) in [4.78, 5) is 0. The lowest BCUT2D eigenvalue weighted by Gasteiger charge is -1.90. The van der Waals surface area contributed by atoms with Crippen LogP contribution in [0.2, 0.25) is 13.1 Å². The second kappa shape index (κ2) is 39.2. The van der Waals surface area contributed by atoms with E-state index in [0.29, 0.717) is 0 Å². The minimum atomic E-state index is -0.630. The molecule has 1 nitrogen and oxygen atoms in total. The summed E-state index contributed by atoms with van der Waals surface area (Å²) in [5.41, 5.74) is 0. The van der Waals surface area contributed by atoms with Gasteiger partial charge < -0.3 is 5.05 Å². The Morgan fingerprint density at radius 3 is 0.600 bits per heavy atom. The zero-order valence-electron chi connectivity index (χ0n) is 19.6. The lowest BCUT2D eigenvalue weighted by atomic mass is 10.2. The molecule has 0 heterocycles. The fourth-order valence-electron chi connectivity index (χ4n) is 2.03. The summed E-state index contributed by atoms with van der Waals surface area (Å²) < 4.78 is 0. The van der Waals surface area contributed by atoms with Gasteiger partial charge in [0.2, 0.25) is 0 Å². The molecule has 0 bridgehead atoms. The van der Waals surface area contributed by atoms with Crippen LogP contribution in [0.1, 0.15) is 138 Å². The SMILES string of the molecule is CCCCCCC.CCCCCCC.CCCCCCC.C[Si](C)=N. The predicted molar refractivity (Wildman–Crippen MR) is 124 cm³/mol. The molecular formula is C23H55NSi. The molecule has 0 rings (SSSR count). The van der Waals surface area contributed by atoms with E-state index in [1.807, 2.05) is 13.1 Å². The van der Waals surface area contributed by atoms with Crippen LogP contribution >= 0.6 is 0 Å². The summed E-state index contributed by atoms with van der Waals surface area (Å²) in [6.45, 7) is 17.3. The lowest BCUT2D eigenvalue weighted by Crippen LogP contribution is -1.70. The second-order valence-electron chi connectivity index (χ2n) is 7.18. The van der Waals surface area contributed by atoms with Crippen LogP contribution < -0.4 is 0 Å². The van der Waals surface area contributed by atoms with Crippen LogP contribution in [0.4, 0.5) is 0 Å². The van der Waals surface area contributed by atoms with Crippen molar-refractivity contribution in [2.24, 2.45) is 0 Å². The van der Waals surface area contributed by atoms with E-state index in [4.69, 9.17) is 5.05 Å². The summed E-state index contributed by atoms with van der Waals surface area (Å²) in [7, 11) is -0.630. The number of unbranched alkanes of at least 4 members (excludes halogenated alkanes) is 12. The van der Waals surface area contributed by atoms with Gasteiger partial charge in [-0.05, 0) is 13.1 Å². The normalized spacial score (nSPS) is 8.96. The van der Waals surface area contributed by atoms with Crippen molar-refractivity contribution in [3.8, 4) is 0 Å². The molecule has 2 heteroatoms. The minimum Gasteiger partial charge on any atom is -0.352 e. The first kappa shape index (κ1) is 32.7. The van der Waals surface area contributed by atoms with Gasteiger partial charge in [-0.25, -0.2) is 0 Å². The largest absolute Gasteiger partial charge is 0.352 e. The first-order valence-corrected chi connectivity index (χ1v) is 14.0. The smallest absolute Gasteiger partial charge is 0.110 e. The summed E-state index contributed by atoms with van der Waals surface area (Å²) in [6.07, 6.45) is 21.0. The zero-order chi connectivity index (χ0) is 20.2. The van der Waals surface area contributed by atoms with Gasteiger partial charge in [-0.15, -0.1) is 0 Å². The molecule has 0 aliphatic carbocycles. The molecule has 0 aromatic rings. The molecule has 0 saturated heterocycles. The Kier molecular flexibility index (Phi) is 51.2. The highest BCUT2D eigenvalue weighted by atomic mass is 28.2. The van der Waals surface area contributed by atoms with E-state index in [1.165, 1.54) is 96.3 Å². The summed E-state index contributed by atoms with van der Waals surface area (Å²) >= 11 is 0. The van der Waals surface area contributed by atoms with Crippen LogP contribution in [0, 0.1) is 5.05 Å². The predicted octanol–water partition coefficient (Wildman–Crippen LogP) is 10.0. The Morgan fingerprint density at radius 2 is 0.520 bits per heavy atom. The number of nitrogens with one attached hydrogen (secondary N) is 1. The van der Waals surface area contributed by atoms with Gasteiger partial charge >= 0.3 is 0 Å². The van der Waals surface area contributed by atoms with Gasteiger partial charge in [-0.3, -0.25) is 0 Å². The van der Waals surface area contributed by atoms with Crippen molar-refractivity contribution in [3.63, 3.8) is 0 Å². The maximum Gasteiger partial charge on any atom is 0.110 e. The zero-order valence-corrected chi connectivity index (χ0v) is 20.6. The highest BCUT2D eigenvalue weighted by Gasteiger charge is 1.81. The van der Waals surface area contributed by atoms with Gasteiger partial charge in [-0.1, -0.05) is 138 Å². The molecule has 0 saturated carbocycles. The molecule has 25 heavy (non-hydrogen) atoms. The van der Waals surface area contributed by atoms with Gasteiger partial charge in [-0.2, -0.15) is 0 Å². The molecule has 0 atom stereocenters. The van der Waals surface area contributed by atoms with Crippen molar-refractivity contribution in [1.82, 2.24) is 0 Å². The van der Waals surface area contributed by atoms with Gasteiger partial charge in [0.05, 0.1) is 0 Å². The molecule has 0 aliphatic heterocycles. The van der Waals surface area contributed by atoms with Crippen molar-refractivity contribution in [2.45, 2.75) is 151 Å². The third-order valence-electron chi connectivity index (χ3n) is 3.62. The van der Waals surface area contributed by atoms with E-state index in [1.54, 1.807) is 0 Å².